The number of fused-ring (bicyclic) bond motifs is 1. The lowest BCUT2D eigenvalue weighted by Gasteiger charge is -2.10. The van der Waals surface area contributed by atoms with Crippen molar-refractivity contribution in [2.75, 3.05) is 30.8 Å². The van der Waals surface area contributed by atoms with Crippen LogP contribution < -0.4 is 16.0 Å². The molecule has 3 N–H and O–H groups in total. The zero-order chi connectivity index (χ0) is 14.4. The highest BCUT2D eigenvalue weighted by Crippen LogP contribution is 2.21. The molecule has 0 radical (unpaired) electrons. The first-order valence-corrected chi connectivity index (χ1v) is 6.69. The highest BCUT2D eigenvalue weighted by Gasteiger charge is 2.07. The minimum Gasteiger partial charge on any atom is -0.369 e. The Kier molecular flexibility index (Phi) is 4.70. The zero-order valence-electron chi connectivity index (χ0n) is 11.7. The number of carbonyl (C=O) groups excluding carboxylic acids is 1. The van der Waals surface area contributed by atoms with Gasteiger partial charge < -0.3 is 16.0 Å². The molecule has 1 aromatic heterocycles. The highest BCUT2D eigenvalue weighted by atomic mass is 16.1. The Balaban J connectivity index is 2.22. The van der Waals surface area contributed by atoms with Crippen LogP contribution in [0.15, 0.2) is 24.3 Å². The van der Waals surface area contributed by atoms with E-state index in [4.69, 9.17) is 0 Å². The molecule has 1 aromatic carbocycles. The van der Waals surface area contributed by atoms with E-state index in [0.29, 0.717) is 18.9 Å². The molecule has 0 saturated carbocycles. The van der Waals surface area contributed by atoms with E-state index in [1.54, 1.807) is 7.05 Å². The van der Waals surface area contributed by atoms with Crippen LogP contribution in [0, 0.1) is 0 Å². The lowest BCUT2D eigenvalue weighted by Crippen LogP contribution is -2.21. The predicted octanol–water partition coefficient (Wildman–Crippen LogP) is 1.61. The molecule has 2 rings (SSSR count). The van der Waals surface area contributed by atoms with Crippen LogP contribution in [0.1, 0.15) is 13.3 Å². The monoisotopic (exact) mass is 273 g/mol. The molecular formula is C14H19N5O. The molecule has 20 heavy (non-hydrogen) atoms. The van der Waals surface area contributed by atoms with Gasteiger partial charge >= 0.3 is 0 Å². The van der Waals surface area contributed by atoms with Crippen LogP contribution in [0.2, 0.25) is 0 Å². The molecule has 0 saturated heterocycles. The Bertz CT molecular complexity index is 599. The van der Waals surface area contributed by atoms with Crippen LogP contribution in [0.3, 0.4) is 0 Å². The van der Waals surface area contributed by atoms with Crippen LogP contribution in [0.5, 0.6) is 0 Å². The zero-order valence-corrected chi connectivity index (χ0v) is 11.7. The molecule has 6 heteroatoms. The molecule has 1 heterocycles. The number of hydrogen-bond acceptors (Lipinski definition) is 5. The molecule has 2 aromatic rings. The molecule has 6 nitrogen and oxygen atoms in total. The van der Waals surface area contributed by atoms with E-state index in [2.05, 4.69) is 25.9 Å². The number of hydrogen-bond donors (Lipinski definition) is 3. The summed E-state index contributed by atoms with van der Waals surface area (Å²) < 4.78 is 0. The van der Waals surface area contributed by atoms with E-state index in [-0.39, 0.29) is 5.91 Å². The number of aromatic nitrogens is 2. The summed E-state index contributed by atoms with van der Waals surface area (Å²) in [7, 11) is 1.63. The van der Waals surface area contributed by atoms with Gasteiger partial charge in [-0.25, -0.2) is 4.98 Å². The van der Waals surface area contributed by atoms with Gasteiger partial charge in [0, 0.05) is 31.9 Å². The van der Waals surface area contributed by atoms with Gasteiger partial charge in [-0.15, -0.1) is 0 Å². The van der Waals surface area contributed by atoms with Gasteiger partial charge in [0.05, 0.1) is 5.52 Å². The van der Waals surface area contributed by atoms with Crippen molar-refractivity contribution in [2.45, 2.75) is 13.3 Å². The second-order valence-electron chi connectivity index (χ2n) is 4.29. The van der Waals surface area contributed by atoms with E-state index < -0.39 is 0 Å². The van der Waals surface area contributed by atoms with E-state index >= 15 is 0 Å². The number of carbonyl (C=O) groups is 1. The highest BCUT2D eigenvalue weighted by molar-refractivity contribution is 5.90. The average molecular weight is 273 g/mol. The molecule has 106 valence electrons. The standard InChI is InChI=1S/C14H19N5O/c1-3-16-14-18-11-7-5-4-6-10(11)13(19-14)17-9-8-12(20)15-2/h4-7H,3,8-9H2,1-2H3,(H,15,20)(H2,16,17,18,19). The summed E-state index contributed by atoms with van der Waals surface area (Å²) in [6, 6.07) is 7.80. The number of para-hydroxylation sites is 1. The molecule has 0 fully saturated rings. The van der Waals surface area contributed by atoms with Crippen LogP contribution in [0.25, 0.3) is 10.9 Å². The number of rotatable bonds is 6. The summed E-state index contributed by atoms with van der Waals surface area (Å²) >= 11 is 0. The minimum absolute atomic E-state index is 0.00256. The quantitative estimate of drug-likeness (QED) is 0.745. The third-order valence-electron chi connectivity index (χ3n) is 2.86. The predicted molar refractivity (Wildman–Crippen MR) is 80.9 cm³/mol. The van der Waals surface area contributed by atoms with Crippen molar-refractivity contribution in [3.8, 4) is 0 Å². The smallest absolute Gasteiger partial charge is 0.225 e. The maximum Gasteiger partial charge on any atom is 0.225 e. The first-order chi connectivity index (χ1) is 9.74. The third kappa shape index (κ3) is 3.34. The Morgan fingerprint density at radius 1 is 1.20 bits per heavy atom. The van der Waals surface area contributed by atoms with Crippen molar-refractivity contribution in [1.29, 1.82) is 0 Å². The molecule has 0 unspecified atom stereocenters. The van der Waals surface area contributed by atoms with Crippen LogP contribution >= 0.6 is 0 Å². The molecule has 0 aliphatic carbocycles. The lowest BCUT2D eigenvalue weighted by molar-refractivity contribution is -0.120. The summed E-state index contributed by atoms with van der Waals surface area (Å²) in [6.07, 6.45) is 0.408. The molecule has 0 atom stereocenters. The maximum absolute atomic E-state index is 11.2. The molecule has 1 amide bonds. The van der Waals surface area contributed by atoms with Gasteiger partial charge in [-0.3, -0.25) is 4.79 Å². The van der Waals surface area contributed by atoms with Crippen molar-refractivity contribution in [2.24, 2.45) is 0 Å². The Hall–Kier alpha value is -2.37. The van der Waals surface area contributed by atoms with Crippen molar-refractivity contribution in [3.63, 3.8) is 0 Å². The summed E-state index contributed by atoms with van der Waals surface area (Å²) in [5.41, 5.74) is 0.876. The van der Waals surface area contributed by atoms with Gasteiger partial charge in [0.15, 0.2) is 0 Å². The van der Waals surface area contributed by atoms with E-state index in [9.17, 15) is 4.79 Å². The number of amides is 1. The van der Waals surface area contributed by atoms with E-state index in [1.165, 1.54) is 0 Å². The number of nitrogens with one attached hydrogen (secondary N) is 3. The minimum atomic E-state index is 0.00256. The molecule has 0 bridgehead atoms. The van der Waals surface area contributed by atoms with Crippen molar-refractivity contribution >= 4 is 28.6 Å². The lowest BCUT2D eigenvalue weighted by atomic mass is 10.2. The van der Waals surface area contributed by atoms with Gasteiger partial charge in [0.2, 0.25) is 11.9 Å². The summed E-state index contributed by atoms with van der Waals surface area (Å²) in [4.78, 5) is 20.1. The van der Waals surface area contributed by atoms with Gasteiger partial charge in [-0.2, -0.15) is 4.98 Å². The van der Waals surface area contributed by atoms with Crippen molar-refractivity contribution in [3.05, 3.63) is 24.3 Å². The van der Waals surface area contributed by atoms with E-state index in [0.717, 1.165) is 23.3 Å². The number of anilines is 2. The van der Waals surface area contributed by atoms with Gasteiger partial charge in [0.1, 0.15) is 5.82 Å². The second kappa shape index (κ2) is 6.70. The van der Waals surface area contributed by atoms with E-state index in [1.807, 2.05) is 31.2 Å². The first-order valence-electron chi connectivity index (χ1n) is 6.69. The Labute approximate surface area is 118 Å². The topological polar surface area (TPSA) is 78.9 Å². The summed E-state index contributed by atoms with van der Waals surface area (Å²) in [5, 5.41) is 9.85. The fraction of sp³-hybridized carbons (Fsp3) is 0.357. The van der Waals surface area contributed by atoms with Crippen LogP contribution in [-0.2, 0) is 4.79 Å². The van der Waals surface area contributed by atoms with Gasteiger partial charge in [-0.1, -0.05) is 12.1 Å². The summed E-state index contributed by atoms with van der Waals surface area (Å²) in [6.45, 7) is 3.29. The first kappa shape index (κ1) is 14.0. The normalized spacial score (nSPS) is 10.3. The van der Waals surface area contributed by atoms with Crippen molar-refractivity contribution < 1.29 is 4.79 Å². The van der Waals surface area contributed by atoms with Crippen molar-refractivity contribution in [1.82, 2.24) is 15.3 Å². The fourth-order valence-corrected chi connectivity index (χ4v) is 1.87. The molecular weight excluding hydrogens is 254 g/mol. The Morgan fingerprint density at radius 3 is 2.75 bits per heavy atom. The largest absolute Gasteiger partial charge is 0.369 e. The average Bonchev–Trinajstić information content (AvgIpc) is 2.47. The summed E-state index contributed by atoms with van der Waals surface area (Å²) in [5.74, 6) is 1.34. The molecule has 0 spiro atoms. The fourth-order valence-electron chi connectivity index (χ4n) is 1.87. The van der Waals surface area contributed by atoms with Crippen LogP contribution in [0.4, 0.5) is 11.8 Å². The molecule has 0 aliphatic heterocycles. The second-order valence-corrected chi connectivity index (χ2v) is 4.29. The van der Waals surface area contributed by atoms with Gasteiger partial charge in [0.25, 0.3) is 0 Å². The number of nitrogens with zero attached hydrogens (tertiary/aromatic N) is 2. The molecule has 0 aliphatic rings. The maximum atomic E-state index is 11.2. The Morgan fingerprint density at radius 2 is 2.00 bits per heavy atom. The third-order valence-corrected chi connectivity index (χ3v) is 2.86. The number of benzene rings is 1. The van der Waals surface area contributed by atoms with Gasteiger partial charge in [-0.05, 0) is 19.1 Å². The SMILES string of the molecule is CCNc1nc(NCCC(=O)NC)c2ccccc2n1. The van der Waals surface area contributed by atoms with Crippen LogP contribution in [-0.4, -0.2) is 36.0 Å².